The highest BCUT2D eigenvalue weighted by Crippen LogP contribution is 2.23. The van der Waals surface area contributed by atoms with Crippen molar-refractivity contribution in [2.45, 2.75) is 6.42 Å². The van der Waals surface area contributed by atoms with E-state index in [1.165, 1.54) is 12.3 Å². The molecule has 2 aromatic heterocycles. The first-order valence-electron chi connectivity index (χ1n) is 6.42. The first-order valence-corrected chi connectivity index (χ1v) is 7.23. The van der Waals surface area contributed by atoms with Crippen molar-refractivity contribution >= 4 is 33.1 Å². The fourth-order valence-corrected chi connectivity index (χ4v) is 2.96. The van der Waals surface area contributed by atoms with Crippen LogP contribution >= 0.6 is 11.3 Å². The molecule has 0 atom stereocenters. The lowest BCUT2D eigenvalue weighted by Crippen LogP contribution is -2.08. The van der Waals surface area contributed by atoms with Gasteiger partial charge in [-0.2, -0.15) is 0 Å². The molecular formula is C14H12N4O2S. The number of thiazole rings is 1. The monoisotopic (exact) mass is 300 g/mol. The molecule has 0 saturated heterocycles. The highest BCUT2D eigenvalue weighted by Gasteiger charge is 2.13. The Morgan fingerprint density at radius 2 is 2.10 bits per heavy atom. The topological polar surface area (TPSA) is 81.0 Å². The Bertz CT molecular complexity index is 754. The Kier molecular flexibility index (Phi) is 3.74. The van der Waals surface area contributed by atoms with Crippen molar-refractivity contribution in [2.75, 3.05) is 11.9 Å². The summed E-state index contributed by atoms with van der Waals surface area (Å²) in [6.45, 7) is 0.553. The van der Waals surface area contributed by atoms with E-state index in [2.05, 4.69) is 15.3 Å². The van der Waals surface area contributed by atoms with Crippen LogP contribution in [0.25, 0.3) is 10.2 Å². The Labute approximate surface area is 124 Å². The van der Waals surface area contributed by atoms with Crippen molar-refractivity contribution < 1.29 is 4.92 Å². The average Bonchev–Trinajstić information content (AvgIpc) is 2.90. The van der Waals surface area contributed by atoms with E-state index in [1.807, 2.05) is 24.3 Å². The van der Waals surface area contributed by atoms with E-state index in [4.69, 9.17) is 0 Å². The van der Waals surface area contributed by atoms with Gasteiger partial charge < -0.3 is 5.32 Å². The molecule has 0 radical (unpaired) electrons. The molecule has 0 aliphatic carbocycles. The number of fused-ring (bicyclic) bond motifs is 1. The van der Waals surface area contributed by atoms with E-state index in [1.54, 1.807) is 17.4 Å². The second kappa shape index (κ2) is 5.84. The number of nitrogens with one attached hydrogen (secondary N) is 1. The zero-order chi connectivity index (χ0) is 14.7. The van der Waals surface area contributed by atoms with Gasteiger partial charge in [0.2, 0.25) is 5.82 Å². The maximum Gasteiger partial charge on any atom is 0.311 e. The lowest BCUT2D eigenvalue weighted by Gasteiger charge is -2.04. The van der Waals surface area contributed by atoms with Gasteiger partial charge in [-0.15, -0.1) is 11.3 Å². The third-order valence-corrected chi connectivity index (χ3v) is 4.05. The maximum atomic E-state index is 10.9. The molecule has 2 heterocycles. The van der Waals surface area contributed by atoms with Crippen LogP contribution in [0.5, 0.6) is 0 Å². The lowest BCUT2D eigenvalue weighted by molar-refractivity contribution is -0.384. The van der Waals surface area contributed by atoms with Crippen molar-refractivity contribution in [2.24, 2.45) is 0 Å². The summed E-state index contributed by atoms with van der Waals surface area (Å²) in [5.74, 6) is 0.295. The predicted octanol–water partition coefficient (Wildman–Crippen LogP) is 3.25. The molecule has 0 bridgehead atoms. The van der Waals surface area contributed by atoms with Crippen molar-refractivity contribution in [1.29, 1.82) is 0 Å². The Morgan fingerprint density at radius 3 is 2.90 bits per heavy atom. The van der Waals surface area contributed by atoms with Crippen molar-refractivity contribution in [1.82, 2.24) is 9.97 Å². The summed E-state index contributed by atoms with van der Waals surface area (Å²) in [5.41, 5.74) is 0.975. The molecule has 3 rings (SSSR count). The first kappa shape index (κ1) is 13.4. The van der Waals surface area contributed by atoms with E-state index in [0.717, 1.165) is 15.2 Å². The van der Waals surface area contributed by atoms with Crippen molar-refractivity contribution in [3.05, 3.63) is 57.7 Å². The fourth-order valence-electron chi connectivity index (χ4n) is 2.00. The smallest absolute Gasteiger partial charge is 0.311 e. The molecule has 6 nitrogen and oxygen atoms in total. The summed E-state index contributed by atoms with van der Waals surface area (Å²) in [6, 6.07) is 10.9. The van der Waals surface area contributed by atoms with E-state index in [-0.39, 0.29) is 5.69 Å². The van der Waals surface area contributed by atoms with Crippen LogP contribution in [-0.2, 0) is 6.42 Å². The number of rotatable bonds is 5. The van der Waals surface area contributed by atoms with Crippen LogP contribution in [0.2, 0.25) is 0 Å². The zero-order valence-electron chi connectivity index (χ0n) is 11.0. The minimum atomic E-state index is -0.437. The number of para-hydroxylation sites is 1. The molecule has 0 saturated carbocycles. The van der Waals surface area contributed by atoms with Crippen LogP contribution in [0.4, 0.5) is 11.5 Å². The van der Waals surface area contributed by atoms with Crippen molar-refractivity contribution in [3.8, 4) is 0 Å². The number of nitrogens with zero attached hydrogens (tertiary/aromatic N) is 3. The number of hydrogen-bond acceptors (Lipinski definition) is 6. The molecule has 0 unspecified atom stereocenters. The molecule has 0 aliphatic rings. The molecule has 21 heavy (non-hydrogen) atoms. The van der Waals surface area contributed by atoms with Crippen LogP contribution < -0.4 is 5.32 Å². The van der Waals surface area contributed by atoms with E-state index >= 15 is 0 Å². The highest BCUT2D eigenvalue weighted by atomic mass is 32.1. The Balaban J connectivity index is 1.67. The van der Waals surface area contributed by atoms with Gasteiger partial charge in [-0.05, 0) is 18.2 Å². The predicted molar refractivity (Wildman–Crippen MR) is 82.7 cm³/mol. The van der Waals surface area contributed by atoms with Gasteiger partial charge in [-0.1, -0.05) is 12.1 Å². The van der Waals surface area contributed by atoms with Gasteiger partial charge in [-0.25, -0.2) is 9.97 Å². The van der Waals surface area contributed by atoms with Gasteiger partial charge >= 0.3 is 5.69 Å². The summed E-state index contributed by atoms with van der Waals surface area (Å²) in [6.07, 6.45) is 2.24. The SMILES string of the molecule is O=[N+]([O-])c1cccnc1NCCc1nc2ccccc2s1. The standard InChI is InChI=1S/C14H12N4O2S/c19-18(20)11-5-3-8-15-14(11)16-9-7-13-17-10-4-1-2-6-12(10)21-13/h1-6,8H,7,9H2,(H,15,16). The highest BCUT2D eigenvalue weighted by molar-refractivity contribution is 7.18. The third-order valence-electron chi connectivity index (χ3n) is 2.95. The molecular weight excluding hydrogens is 288 g/mol. The van der Waals surface area contributed by atoms with E-state index < -0.39 is 4.92 Å². The minimum Gasteiger partial charge on any atom is -0.364 e. The zero-order valence-corrected chi connectivity index (χ0v) is 11.8. The molecule has 0 fully saturated rings. The fraction of sp³-hybridized carbons (Fsp3) is 0.143. The summed E-state index contributed by atoms with van der Waals surface area (Å²) in [5, 5.41) is 14.9. The Morgan fingerprint density at radius 1 is 1.24 bits per heavy atom. The van der Waals surface area contributed by atoms with Crippen molar-refractivity contribution in [3.63, 3.8) is 0 Å². The van der Waals surface area contributed by atoms with Crippen LogP contribution in [0.3, 0.4) is 0 Å². The summed E-state index contributed by atoms with van der Waals surface area (Å²) < 4.78 is 1.15. The van der Waals surface area contributed by atoms with Gasteiger partial charge in [0.1, 0.15) is 0 Å². The normalized spacial score (nSPS) is 10.7. The lowest BCUT2D eigenvalue weighted by atomic mass is 10.3. The second-order valence-electron chi connectivity index (χ2n) is 4.38. The molecule has 0 spiro atoms. The molecule has 7 heteroatoms. The number of aromatic nitrogens is 2. The van der Waals surface area contributed by atoms with Gasteiger partial charge in [0, 0.05) is 25.2 Å². The van der Waals surface area contributed by atoms with E-state index in [9.17, 15) is 10.1 Å². The molecule has 106 valence electrons. The van der Waals surface area contributed by atoms with Crippen LogP contribution in [0.1, 0.15) is 5.01 Å². The minimum absolute atomic E-state index is 0.0122. The molecule has 0 aliphatic heterocycles. The maximum absolute atomic E-state index is 10.9. The molecule has 1 N–H and O–H groups in total. The molecule has 0 amide bonds. The van der Waals surface area contributed by atoms with Crippen LogP contribution in [0.15, 0.2) is 42.6 Å². The molecule has 3 aromatic rings. The number of anilines is 1. The number of pyridine rings is 1. The van der Waals surface area contributed by atoms with E-state index in [0.29, 0.717) is 18.8 Å². The van der Waals surface area contributed by atoms with Gasteiger partial charge in [0.15, 0.2) is 0 Å². The molecule has 1 aromatic carbocycles. The van der Waals surface area contributed by atoms with Gasteiger partial charge in [-0.3, -0.25) is 10.1 Å². The summed E-state index contributed by atoms with van der Waals surface area (Å²) in [4.78, 5) is 19.0. The second-order valence-corrected chi connectivity index (χ2v) is 5.50. The van der Waals surface area contributed by atoms with Gasteiger partial charge in [0.05, 0.1) is 20.1 Å². The van der Waals surface area contributed by atoms with Crippen LogP contribution in [-0.4, -0.2) is 21.4 Å². The average molecular weight is 300 g/mol. The summed E-state index contributed by atoms with van der Waals surface area (Å²) in [7, 11) is 0. The third kappa shape index (κ3) is 2.97. The van der Waals surface area contributed by atoms with Gasteiger partial charge in [0.25, 0.3) is 0 Å². The number of hydrogen-bond donors (Lipinski definition) is 1. The summed E-state index contributed by atoms with van der Waals surface area (Å²) >= 11 is 1.64. The first-order chi connectivity index (χ1) is 10.2. The number of nitro groups is 1. The number of benzene rings is 1. The Hall–Kier alpha value is -2.54. The largest absolute Gasteiger partial charge is 0.364 e. The van der Waals surface area contributed by atoms with Crippen LogP contribution in [0, 0.1) is 10.1 Å². The quantitative estimate of drug-likeness (QED) is 0.578.